The number of carbonyl (C=O) groups is 1. The second-order valence-corrected chi connectivity index (χ2v) is 7.43. The second-order valence-electron chi connectivity index (χ2n) is 7.43. The van der Waals surface area contributed by atoms with Crippen molar-refractivity contribution in [2.45, 2.75) is 19.1 Å². The van der Waals surface area contributed by atoms with Gasteiger partial charge >= 0.3 is 0 Å². The van der Waals surface area contributed by atoms with Crippen molar-refractivity contribution in [2.75, 3.05) is 39.3 Å². The van der Waals surface area contributed by atoms with Crippen molar-refractivity contribution in [1.82, 2.24) is 15.1 Å². The molecule has 2 aromatic rings. The number of benzene rings is 2. The average Bonchev–Trinajstić information content (AvgIpc) is 3.23. The number of halogens is 2. The Morgan fingerprint density at radius 3 is 2.69 bits per heavy atom. The van der Waals surface area contributed by atoms with Gasteiger partial charge in [0, 0.05) is 56.9 Å². The van der Waals surface area contributed by atoms with Crippen LogP contribution in [0.2, 0.25) is 0 Å². The van der Waals surface area contributed by atoms with E-state index in [1.165, 1.54) is 12.1 Å². The predicted octanol–water partition coefficient (Wildman–Crippen LogP) is 2.95. The van der Waals surface area contributed by atoms with Crippen LogP contribution in [0.4, 0.5) is 4.39 Å². The van der Waals surface area contributed by atoms with Crippen LogP contribution in [-0.4, -0.2) is 61.0 Å². The van der Waals surface area contributed by atoms with Crippen LogP contribution in [0.25, 0.3) is 0 Å². The Balaban J connectivity index is 0.00000240. The van der Waals surface area contributed by atoms with Gasteiger partial charge in [-0.2, -0.15) is 0 Å². The molecule has 4 rings (SSSR count). The van der Waals surface area contributed by atoms with Crippen LogP contribution in [0.3, 0.4) is 0 Å². The summed E-state index contributed by atoms with van der Waals surface area (Å²) in [4.78, 5) is 17.4. The average molecular weight is 420 g/mol. The molecule has 1 amide bonds. The first-order valence-corrected chi connectivity index (χ1v) is 9.90. The van der Waals surface area contributed by atoms with Gasteiger partial charge in [-0.25, -0.2) is 4.39 Å². The van der Waals surface area contributed by atoms with Crippen LogP contribution >= 0.6 is 12.4 Å². The lowest BCUT2D eigenvalue weighted by atomic mass is 10.1. The van der Waals surface area contributed by atoms with E-state index in [1.54, 1.807) is 12.1 Å². The molecule has 0 aliphatic carbocycles. The van der Waals surface area contributed by atoms with Crippen molar-refractivity contribution in [2.24, 2.45) is 0 Å². The van der Waals surface area contributed by atoms with E-state index in [1.807, 2.05) is 29.2 Å². The number of hydrogen-bond donors (Lipinski definition) is 1. The zero-order valence-corrected chi connectivity index (χ0v) is 17.2. The Bertz CT molecular complexity index is 829. The molecule has 7 heteroatoms. The van der Waals surface area contributed by atoms with Gasteiger partial charge < -0.3 is 15.0 Å². The molecule has 0 aromatic heterocycles. The first kappa shape index (κ1) is 21.6. The number of nitrogens with zero attached hydrogens (tertiary/aromatic N) is 2. The largest absolute Gasteiger partial charge is 0.489 e. The summed E-state index contributed by atoms with van der Waals surface area (Å²) in [6, 6.07) is 14.1. The highest BCUT2D eigenvalue weighted by atomic mass is 35.5. The van der Waals surface area contributed by atoms with E-state index in [9.17, 15) is 9.18 Å². The number of carbonyl (C=O) groups excluding carboxylic acids is 1. The first-order valence-electron chi connectivity index (χ1n) is 9.90. The molecular formula is C22H27ClFN3O2. The molecule has 1 N–H and O–H groups in total. The predicted molar refractivity (Wildman–Crippen MR) is 113 cm³/mol. The lowest BCUT2D eigenvalue weighted by molar-refractivity contribution is 0.0773. The molecule has 2 aliphatic rings. The summed E-state index contributed by atoms with van der Waals surface area (Å²) in [7, 11) is 0. The van der Waals surface area contributed by atoms with Gasteiger partial charge in [0.2, 0.25) is 0 Å². The molecule has 2 fully saturated rings. The lowest BCUT2D eigenvalue weighted by Gasteiger charge is -2.32. The van der Waals surface area contributed by atoms with Crippen LogP contribution < -0.4 is 10.1 Å². The molecule has 0 radical (unpaired) electrons. The molecule has 0 bridgehead atoms. The van der Waals surface area contributed by atoms with Crippen molar-refractivity contribution in [3.05, 3.63) is 65.5 Å². The normalized spacial score (nSPS) is 19.6. The molecule has 2 saturated heterocycles. The van der Waals surface area contributed by atoms with Gasteiger partial charge in [-0.1, -0.05) is 18.2 Å². The van der Waals surface area contributed by atoms with Gasteiger partial charge in [-0.05, 0) is 36.2 Å². The Kier molecular flexibility index (Phi) is 7.47. The maximum absolute atomic E-state index is 13.3. The summed E-state index contributed by atoms with van der Waals surface area (Å²) >= 11 is 0. The highest BCUT2D eigenvalue weighted by Gasteiger charge is 2.31. The molecule has 29 heavy (non-hydrogen) atoms. The molecular weight excluding hydrogens is 393 g/mol. The van der Waals surface area contributed by atoms with E-state index >= 15 is 0 Å². The van der Waals surface area contributed by atoms with Crippen LogP contribution in [0.15, 0.2) is 48.5 Å². The van der Waals surface area contributed by atoms with Crippen LogP contribution in [-0.2, 0) is 6.61 Å². The summed E-state index contributed by atoms with van der Waals surface area (Å²) in [6.45, 7) is 6.06. The van der Waals surface area contributed by atoms with E-state index in [4.69, 9.17) is 4.74 Å². The Hall–Kier alpha value is -2.15. The summed E-state index contributed by atoms with van der Waals surface area (Å²) < 4.78 is 18.9. The molecule has 2 aliphatic heterocycles. The number of likely N-dealkylation sites (tertiary alicyclic amines) is 1. The zero-order chi connectivity index (χ0) is 19.3. The zero-order valence-electron chi connectivity index (χ0n) is 16.4. The molecule has 156 valence electrons. The van der Waals surface area contributed by atoms with E-state index in [2.05, 4.69) is 10.2 Å². The summed E-state index contributed by atoms with van der Waals surface area (Å²) in [6.07, 6.45) is 1.04. The van der Waals surface area contributed by atoms with Crippen molar-refractivity contribution < 1.29 is 13.9 Å². The molecule has 1 unspecified atom stereocenters. The smallest absolute Gasteiger partial charge is 0.253 e. The molecule has 0 spiro atoms. The minimum Gasteiger partial charge on any atom is -0.489 e. The molecule has 5 nitrogen and oxygen atoms in total. The van der Waals surface area contributed by atoms with Gasteiger partial charge in [0.05, 0.1) is 0 Å². The molecule has 1 atom stereocenters. The highest BCUT2D eigenvalue weighted by molar-refractivity contribution is 5.94. The van der Waals surface area contributed by atoms with Crippen molar-refractivity contribution in [1.29, 1.82) is 0 Å². The van der Waals surface area contributed by atoms with Crippen molar-refractivity contribution >= 4 is 18.3 Å². The Morgan fingerprint density at radius 1 is 1.10 bits per heavy atom. The highest BCUT2D eigenvalue weighted by Crippen LogP contribution is 2.20. The topological polar surface area (TPSA) is 44.8 Å². The van der Waals surface area contributed by atoms with Gasteiger partial charge in [0.25, 0.3) is 5.91 Å². The van der Waals surface area contributed by atoms with E-state index in [-0.39, 0.29) is 24.1 Å². The Morgan fingerprint density at radius 2 is 1.90 bits per heavy atom. The third-order valence-electron chi connectivity index (χ3n) is 5.49. The maximum atomic E-state index is 13.3. The number of rotatable bonds is 5. The van der Waals surface area contributed by atoms with Gasteiger partial charge in [0.15, 0.2) is 0 Å². The van der Waals surface area contributed by atoms with E-state index in [0.717, 1.165) is 51.3 Å². The van der Waals surface area contributed by atoms with Crippen molar-refractivity contribution in [3.8, 4) is 5.75 Å². The number of piperazine rings is 1. The summed E-state index contributed by atoms with van der Waals surface area (Å²) in [5.41, 5.74) is 1.58. The van der Waals surface area contributed by atoms with Crippen LogP contribution in [0, 0.1) is 5.82 Å². The van der Waals surface area contributed by atoms with E-state index in [0.29, 0.717) is 24.0 Å². The first-order chi connectivity index (χ1) is 13.7. The van der Waals surface area contributed by atoms with E-state index < -0.39 is 0 Å². The SMILES string of the molecule is Cl.O=C(c1cccc(COc2cccc(F)c2)c1)N1CCC(N2CCNCC2)C1. The van der Waals surface area contributed by atoms with Gasteiger partial charge in [-0.3, -0.25) is 9.69 Å². The minimum atomic E-state index is -0.325. The summed E-state index contributed by atoms with van der Waals surface area (Å²) in [5.74, 6) is 0.231. The van der Waals surface area contributed by atoms with Gasteiger partial charge in [-0.15, -0.1) is 12.4 Å². The fourth-order valence-electron chi connectivity index (χ4n) is 3.97. The van der Waals surface area contributed by atoms with Crippen LogP contribution in [0.5, 0.6) is 5.75 Å². The fraction of sp³-hybridized carbons (Fsp3) is 0.409. The number of amides is 1. The third kappa shape index (κ3) is 5.47. The summed E-state index contributed by atoms with van der Waals surface area (Å²) in [5, 5.41) is 3.38. The molecule has 2 aromatic carbocycles. The number of ether oxygens (including phenoxy) is 1. The number of hydrogen-bond acceptors (Lipinski definition) is 4. The second kappa shape index (κ2) is 10.1. The third-order valence-corrected chi connectivity index (χ3v) is 5.49. The monoisotopic (exact) mass is 419 g/mol. The standard InChI is InChI=1S/C22H26FN3O2.ClH/c23-19-5-2-6-21(14-19)28-16-17-3-1-4-18(13-17)22(27)26-10-7-20(15-26)25-11-8-24-9-12-25;/h1-6,13-14,20,24H,7-12,15-16H2;1H. The van der Waals surface area contributed by atoms with Crippen LogP contribution in [0.1, 0.15) is 22.3 Å². The van der Waals surface area contributed by atoms with Gasteiger partial charge in [0.1, 0.15) is 18.2 Å². The quantitative estimate of drug-likeness (QED) is 0.809. The maximum Gasteiger partial charge on any atom is 0.253 e. The molecule has 0 saturated carbocycles. The lowest BCUT2D eigenvalue weighted by Crippen LogP contribution is -2.49. The fourth-order valence-corrected chi connectivity index (χ4v) is 3.97. The Labute approximate surface area is 177 Å². The minimum absolute atomic E-state index is 0. The molecule has 2 heterocycles. The van der Waals surface area contributed by atoms with Crippen molar-refractivity contribution in [3.63, 3.8) is 0 Å². The number of nitrogens with one attached hydrogen (secondary N) is 1.